The van der Waals surface area contributed by atoms with E-state index in [9.17, 15) is 4.79 Å². The highest BCUT2D eigenvalue weighted by Gasteiger charge is 2.19. The maximum absolute atomic E-state index is 12.1. The van der Waals surface area contributed by atoms with Crippen LogP contribution in [0.25, 0.3) is 6.08 Å². The highest BCUT2D eigenvalue weighted by atomic mass is 16.1. The molecule has 1 aliphatic rings. The zero-order valence-electron chi connectivity index (χ0n) is 12.0. The number of anilines is 1. The number of hydrogen-bond acceptors (Lipinski definition) is 2. The molecule has 106 valence electrons. The number of allylic oxidation sites excluding steroid dienone is 1. The molecule has 1 fully saturated rings. The smallest absolute Gasteiger partial charge is 0.185 e. The van der Waals surface area contributed by atoms with Gasteiger partial charge in [0.05, 0.1) is 0 Å². The predicted octanol–water partition coefficient (Wildman–Crippen LogP) is 4.43. The summed E-state index contributed by atoms with van der Waals surface area (Å²) in [5.41, 5.74) is 9.44. The van der Waals surface area contributed by atoms with Crippen LogP contribution in [0.4, 0.5) is 5.69 Å². The van der Waals surface area contributed by atoms with Crippen molar-refractivity contribution in [3.63, 3.8) is 0 Å². The van der Waals surface area contributed by atoms with Gasteiger partial charge in [-0.3, -0.25) is 4.79 Å². The highest BCUT2D eigenvalue weighted by molar-refractivity contribution is 6.06. The molecule has 21 heavy (non-hydrogen) atoms. The molecule has 2 nitrogen and oxygen atoms in total. The zero-order valence-corrected chi connectivity index (χ0v) is 12.0. The molecule has 0 unspecified atom stereocenters. The van der Waals surface area contributed by atoms with Gasteiger partial charge in [-0.15, -0.1) is 0 Å². The van der Waals surface area contributed by atoms with Crippen LogP contribution in [0.1, 0.15) is 46.7 Å². The van der Waals surface area contributed by atoms with E-state index in [1.165, 1.54) is 24.8 Å². The first-order valence-corrected chi connectivity index (χ1v) is 7.40. The lowest BCUT2D eigenvalue weighted by atomic mass is 9.80. The zero-order chi connectivity index (χ0) is 14.7. The second-order valence-electron chi connectivity index (χ2n) is 5.61. The molecule has 0 saturated heterocycles. The summed E-state index contributed by atoms with van der Waals surface area (Å²) < 4.78 is 0. The fourth-order valence-electron chi connectivity index (χ4n) is 2.54. The number of rotatable bonds is 4. The summed E-state index contributed by atoms with van der Waals surface area (Å²) in [5.74, 6) is 0.742. The maximum Gasteiger partial charge on any atom is 0.185 e. The van der Waals surface area contributed by atoms with Crippen molar-refractivity contribution >= 4 is 17.5 Å². The first kappa shape index (κ1) is 13.6. The van der Waals surface area contributed by atoms with E-state index in [4.69, 9.17) is 5.73 Å². The summed E-state index contributed by atoms with van der Waals surface area (Å²) in [4.78, 5) is 12.1. The van der Waals surface area contributed by atoms with Gasteiger partial charge >= 0.3 is 0 Å². The van der Waals surface area contributed by atoms with Crippen LogP contribution in [0.3, 0.4) is 0 Å². The molecule has 1 aliphatic carbocycles. The van der Waals surface area contributed by atoms with Crippen LogP contribution in [-0.2, 0) is 0 Å². The normalized spacial score (nSPS) is 15.0. The summed E-state index contributed by atoms with van der Waals surface area (Å²) in [6.45, 7) is 0. The van der Waals surface area contributed by atoms with Gasteiger partial charge in [-0.2, -0.15) is 0 Å². The van der Waals surface area contributed by atoms with Gasteiger partial charge < -0.3 is 5.73 Å². The second kappa shape index (κ2) is 5.96. The fourth-order valence-corrected chi connectivity index (χ4v) is 2.54. The summed E-state index contributed by atoms with van der Waals surface area (Å²) in [5, 5.41) is 0. The number of nitrogens with two attached hydrogens (primary N) is 1. The van der Waals surface area contributed by atoms with Crippen molar-refractivity contribution in [2.45, 2.75) is 25.2 Å². The van der Waals surface area contributed by atoms with Crippen LogP contribution in [0.15, 0.2) is 54.6 Å². The van der Waals surface area contributed by atoms with Gasteiger partial charge in [0.1, 0.15) is 0 Å². The average molecular weight is 277 g/mol. The van der Waals surface area contributed by atoms with Crippen molar-refractivity contribution < 1.29 is 4.79 Å². The molecule has 3 rings (SSSR count). The molecular weight excluding hydrogens is 258 g/mol. The molecule has 2 aromatic carbocycles. The molecule has 0 atom stereocenters. The summed E-state index contributed by atoms with van der Waals surface area (Å²) in [6.07, 6.45) is 7.33. The fraction of sp³-hybridized carbons (Fsp3) is 0.211. The van der Waals surface area contributed by atoms with Crippen molar-refractivity contribution in [3.8, 4) is 0 Å². The number of carbonyl (C=O) groups excluding carboxylic acids is 1. The summed E-state index contributed by atoms with van der Waals surface area (Å²) >= 11 is 0. The molecule has 0 bridgehead atoms. The molecule has 0 spiro atoms. The van der Waals surface area contributed by atoms with Gasteiger partial charge in [0.2, 0.25) is 0 Å². The topological polar surface area (TPSA) is 43.1 Å². The number of nitrogen functional groups attached to an aromatic ring is 1. The van der Waals surface area contributed by atoms with Crippen molar-refractivity contribution in [3.05, 3.63) is 71.3 Å². The minimum Gasteiger partial charge on any atom is -0.399 e. The van der Waals surface area contributed by atoms with E-state index in [0.717, 1.165) is 16.8 Å². The van der Waals surface area contributed by atoms with Crippen molar-refractivity contribution in [2.24, 2.45) is 0 Å². The van der Waals surface area contributed by atoms with E-state index < -0.39 is 0 Å². The lowest BCUT2D eigenvalue weighted by molar-refractivity contribution is 0.104. The summed E-state index contributed by atoms with van der Waals surface area (Å²) in [7, 11) is 0. The van der Waals surface area contributed by atoms with Crippen molar-refractivity contribution in [1.82, 2.24) is 0 Å². The Bertz CT molecular complexity index is 649. The first-order valence-electron chi connectivity index (χ1n) is 7.40. The predicted molar refractivity (Wildman–Crippen MR) is 87.3 cm³/mol. The minimum absolute atomic E-state index is 0.0342. The van der Waals surface area contributed by atoms with Gasteiger partial charge in [0.15, 0.2) is 5.78 Å². The van der Waals surface area contributed by atoms with E-state index in [0.29, 0.717) is 5.92 Å². The molecule has 0 aromatic heterocycles. The number of carbonyl (C=O) groups is 1. The van der Waals surface area contributed by atoms with Gasteiger partial charge in [-0.25, -0.2) is 0 Å². The molecule has 0 amide bonds. The third-order valence-corrected chi connectivity index (χ3v) is 4.14. The Balaban J connectivity index is 1.68. The standard InChI is InChI=1S/C19H19NO/c20-18-11-4-14(5-12-18)6-13-19(21)17-9-7-16(8-10-17)15-2-1-3-15/h4-13,15H,1-3,20H2/b13-6+. The molecule has 0 aliphatic heterocycles. The third-order valence-electron chi connectivity index (χ3n) is 4.14. The quantitative estimate of drug-likeness (QED) is 0.510. The first-order chi connectivity index (χ1) is 10.2. The van der Waals surface area contributed by atoms with Gasteiger partial charge in [0.25, 0.3) is 0 Å². The van der Waals surface area contributed by atoms with Gasteiger partial charge in [-0.1, -0.05) is 48.9 Å². The molecule has 1 saturated carbocycles. The Hall–Kier alpha value is -2.35. The van der Waals surface area contributed by atoms with E-state index in [1.807, 2.05) is 42.5 Å². The van der Waals surface area contributed by atoms with Gasteiger partial charge in [0, 0.05) is 11.3 Å². The lowest BCUT2D eigenvalue weighted by Crippen LogP contribution is -2.08. The number of ketones is 1. The van der Waals surface area contributed by atoms with E-state index in [1.54, 1.807) is 6.08 Å². The Kier molecular flexibility index (Phi) is 3.87. The Morgan fingerprint density at radius 3 is 2.24 bits per heavy atom. The van der Waals surface area contributed by atoms with Crippen molar-refractivity contribution in [2.75, 3.05) is 5.73 Å². The van der Waals surface area contributed by atoms with Crippen LogP contribution in [-0.4, -0.2) is 5.78 Å². The van der Waals surface area contributed by atoms with E-state index >= 15 is 0 Å². The van der Waals surface area contributed by atoms with Crippen LogP contribution in [0.5, 0.6) is 0 Å². The van der Waals surface area contributed by atoms with Crippen LogP contribution < -0.4 is 5.73 Å². The molecular formula is C19H19NO. The van der Waals surface area contributed by atoms with Gasteiger partial charge in [-0.05, 0) is 48.1 Å². The molecule has 0 radical (unpaired) electrons. The molecule has 2 aromatic rings. The molecule has 2 N–H and O–H groups in total. The second-order valence-corrected chi connectivity index (χ2v) is 5.61. The SMILES string of the molecule is Nc1ccc(/C=C/C(=O)c2ccc(C3CCC3)cc2)cc1. The van der Waals surface area contributed by atoms with E-state index in [2.05, 4.69) is 12.1 Å². The molecule has 2 heteroatoms. The highest BCUT2D eigenvalue weighted by Crippen LogP contribution is 2.36. The minimum atomic E-state index is 0.0342. The summed E-state index contributed by atoms with van der Waals surface area (Å²) in [6, 6.07) is 15.5. The van der Waals surface area contributed by atoms with Crippen LogP contribution in [0.2, 0.25) is 0 Å². The third kappa shape index (κ3) is 3.22. The Morgan fingerprint density at radius 1 is 1.00 bits per heavy atom. The largest absolute Gasteiger partial charge is 0.399 e. The van der Waals surface area contributed by atoms with Crippen LogP contribution in [0, 0.1) is 0 Å². The monoisotopic (exact) mass is 277 g/mol. The lowest BCUT2D eigenvalue weighted by Gasteiger charge is -2.25. The number of hydrogen-bond donors (Lipinski definition) is 1. The van der Waals surface area contributed by atoms with Crippen molar-refractivity contribution in [1.29, 1.82) is 0 Å². The average Bonchev–Trinajstić information content (AvgIpc) is 2.45. The Labute approximate surface area is 125 Å². The maximum atomic E-state index is 12.1. The van der Waals surface area contributed by atoms with Crippen LogP contribution >= 0.6 is 0 Å². The number of benzene rings is 2. The Morgan fingerprint density at radius 2 is 1.67 bits per heavy atom. The van der Waals surface area contributed by atoms with E-state index in [-0.39, 0.29) is 5.78 Å². The molecule has 0 heterocycles.